The van der Waals surface area contributed by atoms with Gasteiger partial charge in [-0.15, -0.1) is 0 Å². The van der Waals surface area contributed by atoms with Crippen molar-refractivity contribution in [2.24, 2.45) is 0 Å². The van der Waals surface area contributed by atoms with Gasteiger partial charge in [0.25, 0.3) is 0 Å². The Morgan fingerprint density at radius 3 is 2.62 bits per heavy atom. The van der Waals surface area contributed by atoms with Crippen molar-refractivity contribution in [1.82, 2.24) is 0 Å². The molecule has 0 radical (unpaired) electrons. The summed E-state index contributed by atoms with van der Waals surface area (Å²) in [4.78, 5) is 12.0. The maximum Gasteiger partial charge on any atom is 0.163 e. The summed E-state index contributed by atoms with van der Waals surface area (Å²) in [6.07, 6.45) is 1.24. The Kier molecular flexibility index (Phi) is 5.98. The topological polar surface area (TPSA) is 35.5 Å². The first-order valence-corrected chi connectivity index (χ1v) is 7.08. The molecule has 2 rings (SSSR count). The Labute approximate surface area is 125 Å². The van der Waals surface area contributed by atoms with Gasteiger partial charge in [0.2, 0.25) is 0 Å². The van der Waals surface area contributed by atoms with Gasteiger partial charge >= 0.3 is 0 Å². The zero-order valence-electron chi connectivity index (χ0n) is 12.2. The number of ether oxygens (including phenoxy) is 2. The summed E-state index contributed by atoms with van der Waals surface area (Å²) in [5, 5.41) is 0. The number of ketones is 1. The van der Waals surface area contributed by atoms with E-state index in [2.05, 4.69) is 0 Å². The van der Waals surface area contributed by atoms with Gasteiger partial charge in [-0.2, -0.15) is 0 Å². The maximum absolute atomic E-state index is 12.0. The smallest absolute Gasteiger partial charge is 0.163 e. The third-order valence-electron chi connectivity index (χ3n) is 3.16. The van der Waals surface area contributed by atoms with Crippen molar-refractivity contribution in [2.75, 3.05) is 13.7 Å². The molecule has 0 aromatic heterocycles. The first-order chi connectivity index (χ1) is 10.3. The monoisotopic (exact) mass is 284 g/mol. The molecule has 0 atom stereocenters. The van der Waals surface area contributed by atoms with Crippen LogP contribution in [0.2, 0.25) is 0 Å². The SMILES string of the molecule is COCCCC(=O)c1cccc(OCc2ccccc2)c1. The molecule has 0 saturated heterocycles. The van der Waals surface area contributed by atoms with E-state index < -0.39 is 0 Å². The summed E-state index contributed by atoms with van der Waals surface area (Å²) >= 11 is 0. The minimum absolute atomic E-state index is 0.122. The number of carbonyl (C=O) groups is 1. The molecule has 0 unspecified atom stereocenters. The number of hydrogen-bond acceptors (Lipinski definition) is 3. The van der Waals surface area contributed by atoms with E-state index in [0.717, 1.165) is 17.7 Å². The Balaban J connectivity index is 1.92. The molecule has 0 amide bonds. The van der Waals surface area contributed by atoms with E-state index in [-0.39, 0.29) is 5.78 Å². The standard InChI is InChI=1S/C18H20O3/c1-20-12-6-11-18(19)16-9-5-10-17(13-16)21-14-15-7-3-2-4-8-15/h2-5,7-10,13H,6,11-12,14H2,1H3. The van der Waals surface area contributed by atoms with Gasteiger partial charge in [-0.05, 0) is 24.1 Å². The minimum atomic E-state index is 0.122. The van der Waals surface area contributed by atoms with E-state index in [1.165, 1.54) is 0 Å². The molecular weight excluding hydrogens is 264 g/mol. The van der Waals surface area contributed by atoms with Crippen LogP contribution >= 0.6 is 0 Å². The van der Waals surface area contributed by atoms with E-state index >= 15 is 0 Å². The molecule has 21 heavy (non-hydrogen) atoms. The second-order valence-corrected chi connectivity index (χ2v) is 4.82. The Hall–Kier alpha value is -2.13. The molecule has 0 bridgehead atoms. The fourth-order valence-corrected chi connectivity index (χ4v) is 2.02. The summed E-state index contributed by atoms with van der Waals surface area (Å²) in [5.41, 5.74) is 1.80. The quantitative estimate of drug-likeness (QED) is 0.545. The van der Waals surface area contributed by atoms with E-state index in [1.54, 1.807) is 13.2 Å². The fourth-order valence-electron chi connectivity index (χ4n) is 2.02. The Bertz CT molecular complexity index is 564. The average Bonchev–Trinajstić information content (AvgIpc) is 2.54. The second-order valence-electron chi connectivity index (χ2n) is 4.82. The molecule has 0 saturated carbocycles. The van der Waals surface area contributed by atoms with E-state index in [0.29, 0.717) is 25.2 Å². The molecule has 110 valence electrons. The molecule has 0 fully saturated rings. The predicted molar refractivity (Wildman–Crippen MR) is 82.7 cm³/mol. The van der Waals surface area contributed by atoms with E-state index in [9.17, 15) is 4.79 Å². The van der Waals surface area contributed by atoms with Crippen LogP contribution in [0, 0.1) is 0 Å². The maximum atomic E-state index is 12.0. The van der Waals surface area contributed by atoms with Crippen molar-refractivity contribution in [1.29, 1.82) is 0 Å². The van der Waals surface area contributed by atoms with Crippen LogP contribution in [0.1, 0.15) is 28.8 Å². The summed E-state index contributed by atoms with van der Waals surface area (Å²) < 4.78 is 10.7. The molecule has 0 aliphatic rings. The lowest BCUT2D eigenvalue weighted by molar-refractivity contribution is 0.0963. The lowest BCUT2D eigenvalue weighted by atomic mass is 10.1. The molecule has 3 nitrogen and oxygen atoms in total. The lowest BCUT2D eigenvalue weighted by Gasteiger charge is -2.08. The van der Waals surface area contributed by atoms with Crippen molar-refractivity contribution in [3.05, 3.63) is 65.7 Å². The largest absolute Gasteiger partial charge is 0.489 e. The highest BCUT2D eigenvalue weighted by molar-refractivity contribution is 5.96. The van der Waals surface area contributed by atoms with Gasteiger partial charge in [-0.1, -0.05) is 42.5 Å². The van der Waals surface area contributed by atoms with Crippen LogP contribution in [-0.4, -0.2) is 19.5 Å². The third kappa shape index (κ3) is 5.04. The van der Waals surface area contributed by atoms with E-state index in [4.69, 9.17) is 9.47 Å². The highest BCUT2D eigenvalue weighted by atomic mass is 16.5. The Morgan fingerprint density at radius 1 is 1.05 bits per heavy atom. The van der Waals surface area contributed by atoms with Gasteiger partial charge in [-0.25, -0.2) is 0 Å². The molecule has 0 heterocycles. The van der Waals surface area contributed by atoms with Gasteiger partial charge in [0.05, 0.1) is 0 Å². The number of methoxy groups -OCH3 is 1. The van der Waals surface area contributed by atoms with Gasteiger partial charge in [0.1, 0.15) is 12.4 Å². The minimum Gasteiger partial charge on any atom is -0.489 e. The molecule has 0 aliphatic heterocycles. The number of Topliss-reactive ketones (excluding diaryl/α,β-unsaturated/α-hetero) is 1. The first-order valence-electron chi connectivity index (χ1n) is 7.08. The highest BCUT2D eigenvalue weighted by Gasteiger charge is 2.07. The lowest BCUT2D eigenvalue weighted by Crippen LogP contribution is -2.02. The highest BCUT2D eigenvalue weighted by Crippen LogP contribution is 2.17. The second kappa shape index (κ2) is 8.22. The molecule has 0 N–H and O–H groups in total. The molecule has 2 aromatic rings. The van der Waals surface area contributed by atoms with Gasteiger partial charge in [0.15, 0.2) is 5.78 Å². The van der Waals surface area contributed by atoms with Crippen LogP contribution in [0.5, 0.6) is 5.75 Å². The number of carbonyl (C=O) groups excluding carboxylic acids is 1. The van der Waals surface area contributed by atoms with Gasteiger partial charge < -0.3 is 9.47 Å². The summed E-state index contributed by atoms with van der Waals surface area (Å²) in [6, 6.07) is 17.3. The number of hydrogen-bond donors (Lipinski definition) is 0. The predicted octanol–water partition coefficient (Wildman–Crippen LogP) is 3.87. The first kappa shape index (κ1) is 15.3. The average molecular weight is 284 g/mol. The summed E-state index contributed by atoms with van der Waals surface area (Å²) in [7, 11) is 1.64. The molecule has 2 aromatic carbocycles. The number of benzene rings is 2. The van der Waals surface area contributed by atoms with Crippen molar-refractivity contribution in [2.45, 2.75) is 19.4 Å². The number of rotatable bonds is 8. The van der Waals surface area contributed by atoms with Crippen molar-refractivity contribution >= 4 is 5.78 Å². The molecule has 0 aliphatic carbocycles. The van der Waals surface area contributed by atoms with Crippen LogP contribution in [-0.2, 0) is 11.3 Å². The van der Waals surface area contributed by atoms with Crippen LogP contribution < -0.4 is 4.74 Å². The summed E-state index contributed by atoms with van der Waals surface area (Å²) in [6.45, 7) is 1.11. The molecular formula is C18H20O3. The molecule has 0 spiro atoms. The van der Waals surface area contributed by atoms with Crippen LogP contribution in [0.4, 0.5) is 0 Å². The van der Waals surface area contributed by atoms with Crippen LogP contribution in [0.25, 0.3) is 0 Å². The van der Waals surface area contributed by atoms with Gasteiger partial charge in [-0.3, -0.25) is 4.79 Å². The van der Waals surface area contributed by atoms with Crippen molar-refractivity contribution < 1.29 is 14.3 Å². The Morgan fingerprint density at radius 2 is 1.86 bits per heavy atom. The zero-order valence-corrected chi connectivity index (χ0v) is 12.2. The zero-order chi connectivity index (χ0) is 14.9. The third-order valence-corrected chi connectivity index (χ3v) is 3.16. The normalized spacial score (nSPS) is 10.3. The van der Waals surface area contributed by atoms with Crippen LogP contribution in [0.15, 0.2) is 54.6 Å². The molecule has 3 heteroatoms. The van der Waals surface area contributed by atoms with Crippen LogP contribution in [0.3, 0.4) is 0 Å². The summed E-state index contributed by atoms with van der Waals surface area (Å²) in [5.74, 6) is 0.841. The van der Waals surface area contributed by atoms with E-state index in [1.807, 2.05) is 48.5 Å². The van der Waals surface area contributed by atoms with Gasteiger partial charge in [0, 0.05) is 25.7 Å². The van der Waals surface area contributed by atoms with Crippen molar-refractivity contribution in [3.8, 4) is 5.75 Å². The fraction of sp³-hybridized carbons (Fsp3) is 0.278. The van der Waals surface area contributed by atoms with Crippen molar-refractivity contribution in [3.63, 3.8) is 0 Å².